The number of aliphatic imine (C=N–C) groups is 1. The van der Waals surface area contributed by atoms with Crippen molar-refractivity contribution in [2.45, 2.75) is 6.54 Å². The van der Waals surface area contributed by atoms with Crippen LogP contribution in [0.1, 0.15) is 21.5 Å². The predicted molar refractivity (Wildman–Crippen MR) is 122 cm³/mol. The molecule has 0 saturated carbocycles. The van der Waals surface area contributed by atoms with Crippen molar-refractivity contribution in [3.8, 4) is 0 Å². The van der Waals surface area contributed by atoms with Crippen LogP contribution >= 0.6 is 27.5 Å². The Hall–Kier alpha value is -2.89. The van der Waals surface area contributed by atoms with Gasteiger partial charge in [0.25, 0.3) is 5.91 Å². The van der Waals surface area contributed by atoms with E-state index in [0.29, 0.717) is 27.3 Å². The minimum Gasteiger partial charge on any atom is -0.366 e. The summed E-state index contributed by atoms with van der Waals surface area (Å²) in [4.78, 5) is 16.3. The van der Waals surface area contributed by atoms with Crippen LogP contribution in [-0.2, 0) is 6.54 Å². The highest BCUT2D eigenvalue weighted by Gasteiger charge is 2.13. The third-order valence-corrected chi connectivity index (χ3v) is 5.61. The van der Waals surface area contributed by atoms with E-state index in [1.807, 2.05) is 48.7 Å². The van der Waals surface area contributed by atoms with E-state index >= 15 is 0 Å². The molecule has 1 aromatic heterocycles. The largest absolute Gasteiger partial charge is 0.366 e. The van der Waals surface area contributed by atoms with E-state index in [9.17, 15) is 4.79 Å². The number of benzene rings is 3. The molecule has 3 aromatic carbocycles. The van der Waals surface area contributed by atoms with Gasteiger partial charge in [0.15, 0.2) is 0 Å². The fourth-order valence-electron chi connectivity index (χ4n) is 3.33. The molecule has 0 aliphatic heterocycles. The summed E-state index contributed by atoms with van der Waals surface area (Å²) in [6.07, 6.45) is 3.76. The van der Waals surface area contributed by atoms with Crippen molar-refractivity contribution in [2.75, 3.05) is 0 Å². The van der Waals surface area contributed by atoms with Crippen LogP contribution in [0, 0.1) is 0 Å². The number of amides is 1. The first kappa shape index (κ1) is 19.4. The third-order valence-electron chi connectivity index (χ3n) is 4.66. The van der Waals surface area contributed by atoms with E-state index in [0.717, 1.165) is 16.5 Å². The number of halogens is 2. The highest BCUT2D eigenvalue weighted by molar-refractivity contribution is 9.10. The standard InChI is InChI=1S/C23H17BrClN3O/c24-19-10-4-9-18(23(26)29)21(19)27-12-16-14-28(13-15-6-2-1-3-7-15)22-17(16)8-5-11-20(22)25/h1-12,14H,13H2,(H2,26,29). The molecule has 0 unspecified atom stereocenters. The van der Waals surface area contributed by atoms with Crippen molar-refractivity contribution in [3.05, 3.63) is 99.1 Å². The third kappa shape index (κ3) is 3.97. The maximum atomic E-state index is 11.8. The molecular weight excluding hydrogens is 450 g/mol. The van der Waals surface area contributed by atoms with Gasteiger partial charge < -0.3 is 10.3 Å². The Kier molecular flexibility index (Phi) is 5.51. The van der Waals surface area contributed by atoms with Crippen LogP contribution < -0.4 is 5.73 Å². The number of carbonyl (C=O) groups is 1. The Morgan fingerprint density at radius 3 is 2.59 bits per heavy atom. The van der Waals surface area contributed by atoms with Crippen molar-refractivity contribution in [1.82, 2.24) is 4.57 Å². The normalized spacial score (nSPS) is 11.4. The molecule has 29 heavy (non-hydrogen) atoms. The van der Waals surface area contributed by atoms with Crippen LogP contribution in [0.25, 0.3) is 10.9 Å². The summed E-state index contributed by atoms with van der Waals surface area (Å²) in [6, 6.07) is 21.3. The Morgan fingerprint density at radius 2 is 1.83 bits per heavy atom. The predicted octanol–water partition coefficient (Wildman–Crippen LogP) is 5.96. The van der Waals surface area contributed by atoms with Gasteiger partial charge >= 0.3 is 0 Å². The molecule has 0 bridgehead atoms. The number of rotatable bonds is 5. The molecule has 0 spiro atoms. The van der Waals surface area contributed by atoms with E-state index in [2.05, 4.69) is 37.6 Å². The average Bonchev–Trinajstić information content (AvgIpc) is 3.06. The zero-order valence-corrected chi connectivity index (χ0v) is 17.7. The second kappa shape index (κ2) is 8.23. The maximum absolute atomic E-state index is 11.8. The highest BCUT2D eigenvalue weighted by Crippen LogP contribution is 2.31. The Labute approximate surface area is 181 Å². The zero-order valence-electron chi connectivity index (χ0n) is 15.3. The fraction of sp³-hybridized carbons (Fsp3) is 0.0435. The molecule has 4 nitrogen and oxygen atoms in total. The summed E-state index contributed by atoms with van der Waals surface area (Å²) < 4.78 is 2.82. The lowest BCUT2D eigenvalue weighted by Gasteiger charge is -2.06. The number of aromatic nitrogens is 1. The van der Waals surface area contributed by atoms with E-state index in [1.165, 1.54) is 5.56 Å². The van der Waals surface area contributed by atoms with Crippen molar-refractivity contribution >= 4 is 56.2 Å². The topological polar surface area (TPSA) is 60.4 Å². The van der Waals surface area contributed by atoms with Crippen molar-refractivity contribution in [3.63, 3.8) is 0 Å². The Bertz CT molecular complexity index is 1230. The van der Waals surface area contributed by atoms with Gasteiger partial charge in [-0.05, 0) is 39.7 Å². The molecule has 0 saturated heterocycles. The molecule has 0 atom stereocenters. The van der Waals surface area contributed by atoms with Gasteiger partial charge in [-0.15, -0.1) is 0 Å². The van der Waals surface area contributed by atoms with Gasteiger partial charge in [-0.2, -0.15) is 0 Å². The van der Waals surface area contributed by atoms with Gasteiger partial charge in [0, 0.05) is 34.4 Å². The van der Waals surface area contributed by atoms with Gasteiger partial charge in [0.1, 0.15) is 0 Å². The first-order chi connectivity index (χ1) is 14.0. The van der Waals surface area contributed by atoms with E-state index in [4.69, 9.17) is 17.3 Å². The number of hydrogen-bond donors (Lipinski definition) is 1. The summed E-state index contributed by atoms with van der Waals surface area (Å²) in [6.45, 7) is 0.691. The number of primary amides is 1. The van der Waals surface area contributed by atoms with Gasteiger partial charge in [-0.3, -0.25) is 9.79 Å². The molecule has 2 N–H and O–H groups in total. The quantitative estimate of drug-likeness (QED) is 0.363. The van der Waals surface area contributed by atoms with Crippen molar-refractivity contribution < 1.29 is 4.79 Å². The number of carbonyl (C=O) groups excluding carboxylic acids is 1. The molecule has 4 rings (SSSR count). The van der Waals surface area contributed by atoms with E-state index < -0.39 is 5.91 Å². The summed E-state index contributed by atoms with van der Waals surface area (Å²) in [5, 5.41) is 1.67. The lowest BCUT2D eigenvalue weighted by molar-refractivity contribution is 0.100. The Balaban J connectivity index is 1.81. The molecule has 1 amide bonds. The molecule has 0 aliphatic rings. The zero-order chi connectivity index (χ0) is 20.4. The molecule has 0 aliphatic carbocycles. The van der Waals surface area contributed by atoms with Crippen LogP contribution in [0.2, 0.25) is 5.02 Å². The van der Waals surface area contributed by atoms with E-state index in [-0.39, 0.29) is 0 Å². The average molecular weight is 467 g/mol. The highest BCUT2D eigenvalue weighted by atomic mass is 79.9. The monoisotopic (exact) mass is 465 g/mol. The van der Waals surface area contributed by atoms with Crippen LogP contribution in [0.4, 0.5) is 5.69 Å². The van der Waals surface area contributed by atoms with Crippen molar-refractivity contribution in [1.29, 1.82) is 0 Å². The van der Waals surface area contributed by atoms with Crippen LogP contribution in [0.15, 0.2) is 82.4 Å². The SMILES string of the molecule is NC(=O)c1cccc(Br)c1N=Cc1cn(Cc2ccccc2)c2c(Cl)cccc12. The molecule has 4 aromatic rings. The van der Waals surface area contributed by atoms with Crippen LogP contribution in [0.3, 0.4) is 0 Å². The number of hydrogen-bond acceptors (Lipinski definition) is 2. The number of para-hydroxylation sites is 2. The summed E-state index contributed by atoms with van der Waals surface area (Å²) in [7, 11) is 0. The lowest BCUT2D eigenvalue weighted by atomic mass is 10.1. The minimum atomic E-state index is -0.520. The summed E-state index contributed by atoms with van der Waals surface area (Å²) in [5.41, 5.74) is 9.39. The molecule has 0 fully saturated rings. The minimum absolute atomic E-state index is 0.363. The van der Waals surface area contributed by atoms with Gasteiger partial charge in [0.2, 0.25) is 0 Å². The number of nitrogens with two attached hydrogens (primary N) is 1. The molecular formula is C23H17BrClN3O. The second-order valence-corrected chi connectivity index (χ2v) is 7.85. The molecule has 0 radical (unpaired) electrons. The molecule has 144 valence electrons. The summed E-state index contributed by atoms with van der Waals surface area (Å²) >= 11 is 9.97. The van der Waals surface area contributed by atoms with Crippen molar-refractivity contribution in [2.24, 2.45) is 10.7 Å². The van der Waals surface area contributed by atoms with Gasteiger partial charge in [-0.25, -0.2) is 0 Å². The second-order valence-electron chi connectivity index (χ2n) is 6.59. The first-order valence-electron chi connectivity index (χ1n) is 8.98. The maximum Gasteiger partial charge on any atom is 0.250 e. The number of fused-ring (bicyclic) bond motifs is 1. The van der Waals surface area contributed by atoms with Gasteiger partial charge in [-0.1, -0.05) is 60.1 Å². The molecule has 6 heteroatoms. The Morgan fingerprint density at radius 1 is 1.07 bits per heavy atom. The van der Waals surface area contributed by atoms with Crippen LogP contribution in [-0.4, -0.2) is 16.7 Å². The number of nitrogens with zero attached hydrogens (tertiary/aromatic N) is 2. The van der Waals surface area contributed by atoms with E-state index in [1.54, 1.807) is 18.3 Å². The lowest BCUT2D eigenvalue weighted by Crippen LogP contribution is -2.11. The van der Waals surface area contributed by atoms with Crippen LogP contribution in [0.5, 0.6) is 0 Å². The smallest absolute Gasteiger partial charge is 0.250 e. The fourth-order valence-corrected chi connectivity index (χ4v) is 4.08. The first-order valence-corrected chi connectivity index (χ1v) is 10.2. The van der Waals surface area contributed by atoms with Gasteiger partial charge in [0.05, 0.1) is 21.8 Å². The summed E-state index contributed by atoms with van der Waals surface area (Å²) in [5.74, 6) is -0.520. The molecule has 1 heterocycles.